The van der Waals surface area contributed by atoms with E-state index in [1.165, 1.54) is 12.1 Å². The van der Waals surface area contributed by atoms with Crippen LogP contribution in [0.5, 0.6) is 17.2 Å². The van der Waals surface area contributed by atoms with E-state index in [-0.39, 0.29) is 35.2 Å². The Balaban J connectivity index is 1.62. The van der Waals surface area contributed by atoms with Crippen LogP contribution < -0.4 is 24.8 Å². The third-order valence-electron chi connectivity index (χ3n) is 5.60. The normalized spacial score (nSPS) is 26.2. The number of rotatable bonds is 5. The number of aliphatic hydroxyl groups is 1. The van der Waals surface area contributed by atoms with Crippen molar-refractivity contribution in [1.82, 2.24) is 15.5 Å². The van der Waals surface area contributed by atoms with E-state index in [0.717, 1.165) is 13.0 Å². The topological polar surface area (TPSA) is 144 Å². The highest BCUT2D eigenvalue weighted by atomic mass is 35.5. The van der Waals surface area contributed by atoms with E-state index < -0.39 is 48.0 Å². The summed E-state index contributed by atoms with van der Waals surface area (Å²) in [6.45, 7) is 1.67. The average Bonchev–Trinajstić information content (AvgIpc) is 3.14. The molecule has 3 aliphatic heterocycles. The number of carbonyl (C=O) groups excluding carboxylic acids is 4. The zero-order valence-corrected chi connectivity index (χ0v) is 17.9. The maximum atomic E-state index is 12.9. The number of hydrogen-bond donors (Lipinski definition) is 3. The minimum Gasteiger partial charge on any atom is -0.422 e. The van der Waals surface area contributed by atoms with Crippen molar-refractivity contribution < 1.29 is 38.5 Å². The Labute approximate surface area is 187 Å². The van der Waals surface area contributed by atoms with Gasteiger partial charge in [0, 0.05) is 25.0 Å². The molecule has 32 heavy (non-hydrogen) atoms. The second kappa shape index (κ2) is 8.66. The maximum absolute atomic E-state index is 12.9. The smallest absolute Gasteiger partial charge is 0.345 e. The lowest BCUT2D eigenvalue weighted by Crippen LogP contribution is -2.50. The number of likely N-dealkylation sites (N-methyl/N-ethyl adjacent to an activating group) is 1. The molecule has 2 bridgehead atoms. The molecule has 0 aromatic heterocycles. The van der Waals surface area contributed by atoms with Crippen molar-refractivity contribution in [3.05, 3.63) is 17.7 Å². The summed E-state index contributed by atoms with van der Waals surface area (Å²) in [6, 6.07) is 2.55. The maximum Gasteiger partial charge on any atom is 0.345 e. The number of hydrogen-bond acceptors (Lipinski definition) is 10. The van der Waals surface area contributed by atoms with Crippen molar-refractivity contribution in [3.63, 3.8) is 0 Å². The van der Waals surface area contributed by atoms with E-state index in [1.54, 1.807) is 7.05 Å². The first-order valence-electron chi connectivity index (χ1n) is 10.1. The van der Waals surface area contributed by atoms with Crippen LogP contribution in [0, 0.1) is 0 Å². The fourth-order valence-corrected chi connectivity index (χ4v) is 4.18. The zero-order chi connectivity index (χ0) is 23.0. The summed E-state index contributed by atoms with van der Waals surface area (Å²) in [5.41, 5.74) is -2.52. The van der Waals surface area contributed by atoms with Crippen molar-refractivity contribution >= 4 is 35.4 Å². The lowest BCUT2D eigenvalue weighted by Gasteiger charge is -2.30. The number of alkyl halides is 1. The Morgan fingerprint density at radius 1 is 1.22 bits per heavy atom. The van der Waals surface area contributed by atoms with Crippen molar-refractivity contribution in [3.8, 4) is 17.2 Å². The Kier molecular flexibility index (Phi) is 6.08. The van der Waals surface area contributed by atoms with Gasteiger partial charge in [-0.25, -0.2) is 4.79 Å². The first kappa shape index (κ1) is 22.5. The first-order chi connectivity index (χ1) is 15.2. The molecule has 0 saturated carbocycles. The lowest BCUT2D eigenvalue weighted by atomic mass is 9.94. The standard InChI is InChI=1S/C20H22ClN3O8/c1-22-13(24-5-4-10(21)9-24)8-23-18(27)11-2-3-12-17-16(11)31-15(26)7-20(29,19(28)32-17)6-14(25)30-12/h2-3,10,13,22,29H,4-9H2,1H3,(H,23,27). The summed E-state index contributed by atoms with van der Waals surface area (Å²) in [5, 5.41) is 16.4. The molecule has 3 unspecified atom stereocenters. The zero-order valence-electron chi connectivity index (χ0n) is 17.2. The summed E-state index contributed by atoms with van der Waals surface area (Å²) in [7, 11) is 1.76. The van der Waals surface area contributed by atoms with Gasteiger partial charge in [0.2, 0.25) is 5.75 Å². The summed E-state index contributed by atoms with van der Waals surface area (Å²) >= 11 is 6.16. The van der Waals surface area contributed by atoms with Gasteiger partial charge >= 0.3 is 17.9 Å². The van der Waals surface area contributed by atoms with E-state index in [0.29, 0.717) is 6.54 Å². The van der Waals surface area contributed by atoms with E-state index in [9.17, 15) is 24.3 Å². The van der Waals surface area contributed by atoms with Gasteiger partial charge < -0.3 is 30.0 Å². The predicted octanol–water partition coefficient (Wildman–Crippen LogP) is -0.470. The molecule has 0 spiro atoms. The number of esters is 3. The van der Waals surface area contributed by atoms with Crippen LogP contribution in [-0.2, 0) is 14.4 Å². The van der Waals surface area contributed by atoms with Gasteiger partial charge in [0.1, 0.15) is 0 Å². The molecule has 0 aliphatic carbocycles. The molecule has 1 fully saturated rings. The van der Waals surface area contributed by atoms with E-state index in [4.69, 9.17) is 25.8 Å². The Morgan fingerprint density at radius 3 is 2.59 bits per heavy atom. The number of halogens is 1. The van der Waals surface area contributed by atoms with Gasteiger partial charge in [0.25, 0.3) is 5.91 Å². The molecule has 12 heteroatoms. The molecule has 4 rings (SSSR count). The third-order valence-corrected chi connectivity index (χ3v) is 5.96. The molecule has 1 aromatic rings. The van der Waals surface area contributed by atoms with Crippen molar-refractivity contribution in [2.75, 3.05) is 26.7 Å². The fourth-order valence-electron chi connectivity index (χ4n) is 3.91. The number of ether oxygens (including phenoxy) is 3. The van der Waals surface area contributed by atoms with Gasteiger partial charge in [-0.15, -0.1) is 11.6 Å². The van der Waals surface area contributed by atoms with Gasteiger partial charge in [-0.05, 0) is 25.6 Å². The van der Waals surface area contributed by atoms with Crippen LogP contribution in [0.1, 0.15) is 29.6 Å². The number of likely N-dealkylation sites (tertiary alicyclic amines) is 1. The highest BCUT2D eigenvalue weighted by molar-refractivity contribution is 6.20. The Hall–Kier alpha value is -2.73. The molecule has 1 saturated heterocycles. The van der Waals surface area contributed by atoms with Gasteiger partial charge in [-0.2, -0.15) is 0 Å². The monoisotopic (exact) mass is 467 g/mol. The summed E-state index contributed by atoms with van der Waals surface area (Å²) in [5.74, 6) is -4.71. The van der Waals surface area contributed by atoms with Crippen molar-refractivity contribution in [2.45, 2.75) is 36.4 Å². The first-order valence-corrected chi connectivity index (χ1v) is 10.5. The van der Waals surface area contributed by atoms with Gasteiger partial charge in [0.05, 0.1) is 24.6 Å². The number of nitrogens with one attached hydrogen (secondary N) is 2. The minimum atomic E-state index is -2.42. The molecule has 3 N–H and O–H groups in total. The number of benzene rings is 1. The van der Waals surface area contributed by atoms with Gasteiger partial charge in [-0.3, -0.25) is 19.3 Å². The minimum absolute atomic E-state index is 0.0443. The molecule has 172 valence electrons. The molecule has 3 atom stereocenters. The van der Waals surface area contributed by atoms with Gasteiger partial charge in [0.15, 0.2) is 17.1 Å². The average molecular weight is 468 g/mol. The number of amides is 1. The van der Waals surface area contributed by atoms with Crippen LogP contribution in [0.25, 0.3) is 0 Å². The van der Waals surface area contributed by atoms with Gasteiger partial charge in [-0.1, -0.05) is 0 Å². The molecule has 0 radical (unpaired) electrons. The number of carbonyl (C=O) groups is 4. The van der Waals surface area contributed by atoms with Crippen molar-refractivity contribution in [1.29, 1.82) is 0 Å². The Bertz CT molecular complexity index is 986. The van der Waals surface area contributed by atoms with Crippen LogP contribution >= 0.6 is 11.6 Å². The second-order valence-corrected chi connectivity index (χ2v) is 8.50. The highest BCUT2D eigenvalue weighted by Crippen LogP contribution is 2.44. The molecular formula is C20H22ClN3O8. The summed E-state index contributed by atoms with van der Waals surface area (Å²) in [6.07, 6.45) is -0.939. The molecule has 3 aliphatic rings. The van der Waals surface area contributed by atoms with E-state index >= 15 is 0 Å². The molecule has 3 heterocycles. The molecule has 1 amide bonds. The van der Waals surface area contributed by atoms with E-state index in [1.807, 2.05) is 0 Å². The predicted molar refractivity (Wildman–Crippen MR) is 109 cm³/mol. The molecule has 1 aromatic carbocycles. The number of nitrogens with zero attached hydrogens (tertiary/aromatic N) is 1. The Morgan fingerprint density at radius 2 is 1.94 bits per heavy atom. The molecule has 11 nitrogen and oxygen atoms in total. The van der Waals surface area contributed by atoms with E-state index in [2.05, 4.69) is 15.5 Å². The lowest BCUT2D eigenvalue weighted by molar-refractivity contribution is -0.170. The van der Waals surface area contributed by atoms with Crippen LogP contribution in [0.15, 0.2) is 12.1 Å². The summed E-state index contributed by atoms with van der Waals surface area (Å²) in [4.78, 5) is 51.9. The molecular weight excluding hydrogens is 446 g/mol. The largest absolute Gasteiger partial charge is 0.422 e. The highest BCUT2D eigenvalue weighted by Gasteiger charge is 2.48. The fraction of sp³-hybridized carbons (Fsp3) is 0.500. The third kappa shape index (κ3) is 4.29. The van der Waals surface area contributed by atoms with Crippen LogP contribution in [0.4, 0.5) is 0 Å². The number of fused-ring (bicyclic) bond motifs is 2. The van der Waals surface area contributed by atoms with Crippen LogP contribution in [0.2, 0.25) is 0 Å². The summed E-state index contributed by atoms with van der Waals surface area (Å²) < 4.78 is 15.6. The van der Waals surface area contributed by atoms with Crippen molar-refractivity contribution in [2.24, 2.45) is 0 Å². The second-order valence-electron chi connectivity index (χ2n) is 7.89. The van der Waals surface area contributed by atoms with Crippen LogP contribution in [0.3, 0.4) is 0 Å². The van der Waals surface area contributed by atoms with Crippen LogP contribution in [-0.4, -0.2) is 77.6 Å². The SMILES string of the molecule is CNC(CNC(=O)c1ccc2c3c1OC(=O)CC(O)(CC(=O)O2)C(=O)O3)N1CCC(Cl)C1. The quantitative estimate of drug-likeness (QED) is 0.295.